The normalized spacial score (nSPS) is 14.5. The number of imidazole rings is 1. The van der Waals surface area contributed by atoms with E-state index >= 15 is 0 Å². The number of hydrogen-bond donors (Lipinski definition) is 2. The Balaban J connectivity index is 1.28. The maximum atomic E-state index is 5.96. The predicted octanol–water partition coefficient (Wildman–Crippen LogP) is 3.43. The van der Waals surface area contributed by atoms with E-state index in [1.807, 2.05) is 30.5 Å². The number of ether oxygens (including phenoxy) is 1. The van der Waals surface area contributed by atoms with Crippen LogP contribution in [0.5, 0.6) is 5.75 Å². The molecule has 32 heavy (non-hydrogen) atoms. The van der Waals surface area contributed by atoms with Crippen molar-refractivity contribution in [1.29, 1.82) is 0 Å². The fourth-order valence-electron chi connectivity index (χ4n) is 4.16. The Labute approximate surface area is 183 Å². The van der Waals surface area contributed by atoms with Gasteiger partial charge in [-0.3, -0.25) is 15.0 Å². The first-order valence-corrected chi connectivity index (χ1v) is 10.8. The van der Waals surface area contributed by atoms with Crippen LogP contribution in [0.15, 0.2) is 49.1 Å². The molecule has 0 saturated carbocycles. The SMILES string of the molecule is c1cnc2nc(-c3[nH]nc4ncc(-c5cncc(OCCN6CCCC6)c5)cc34)[nH]c2c1. The van der Waals surface area contributed by atoms with Crippen molar-refractivity contribution < 1.29 is 4.74 Å². The van der Waals surface area contributed by atoms with E-state index in [9.17, 15) is 0 Å². The molecular weight excluding hydrogens is 404 g/mol. The summed E-state index contributed by atoms with van der Waals surface area (Å²) in [4.78, 5) is 23.5. The number of aromatic nitrogens is 7. The van der Waals surface area contributed by atoms with Gasteiger partial charge < -0.3 is 9.72 Å². The minimum absolute atomic E-state index is 0.628. The Bertz CT molecular complexity index is 1350. The highest BCUT2D eigenvalue weighted by molar-refractivity contribution is 5.93. The summed E-state index contributed by atoms with van der Waals surface area (Å²) in [5.74, 6) is 1.44. The molecule has 2 N–H and O–H groups in total. The van der Waals surface area contributed by atoms with E-state index in [4.69, 9.17) is 4.74 Å². The number of rotatable bonds is 6. The molecule has 0 aromatic carbocycles. The highest BCUT2D eigenvalue weighted by Gasteiger charge is 2.15. The van der Waals surface area contributed by atoms with Crippen LogP contribution < -0.4 is 4.74 Å². The molecule has 9 nitrogen and oxygen atoms in total. The summed E-state index contributed by atoms with van der Waals surface area (Å²) in [5.41, 5.74) is 4.82. The van der Waals surface area contributed by atoms with E-state index < -0.39 is 0 Å². The molecule has 5 aromatic rings. The molecule has 160 valence electrons. The average Bonchev–Trinajstić information content (AvgIpc) is 3.58. The van der Waals surface area contributed by atoms with Gasteiger partial charge in [0.15, 0.2) is 17.1 Å². The van der Waals surface area contributed by atoms with Crippen LogP contribution in [0, 0.1) is 0 Å². The minimum Gasteiger partial charge on any atom is -0.491 e. The summed E-state index contributed by atoms with van der Waals surface area (Å²) < 4.78 is 5.96. The number of aromatic amines is 2. The largest absolute Gasteiger partial charge is 0.491 e. The number of likely N-dealkylation sites (tertiary alicyclic amines) is 1. The van der Waals surface area contributed by atoms with Crippen molar-refractivity contribution >= 4 is 22.2 Å². The molecular formula is C23H22N8O. The molecule has 9 heteroatoms. The van der Waals surface area contributed by atoms with Crippen molar-refractivity contribution in [2.45, 2.75) is 12.8 Å². The van der Waals surface area contributed by atoms with Crippen molar-refractivity contribution in [1.82, 2.24) is 40.0 Å². The Morgan fingerprint density at radius 1 is 1.00 bits per heavy atom. The molecule has 0 bridgehead atoms. The Hall–Kier alpha value is -3.85. The third-order valence-electron chi connectivity index (χ3n) is 5.83. The summed E-state index contributed by atoms with van der Waals surface area (Å²) in [7, 11) is 0. The van der Waals surface area contributed by atoms with Gasteiger partial charge in [-0.2, -0.15) is 5.10 Å². The van der Waals surface area contributed by atoms with Gasteiger partial charge in [-0.25, -0.2) is 15.0 Å². The van der Waals surface area contributed by atoms with E-state index in [2.05, 4.69) is 40.0 Å². The van der Waals surface area contributed by atoms with E-state index in [-0.39, 0.29) is 0 Å². The van der Waals surface area contributed by atoms with Gasteiger partial charge in [0.2, 0.25) is 0 Å². The van der Waals surface area contributed by atoms with E-state index in [0.29, 0.717) is 23.7 Å². The monoisotopic (exact) mass is 426 g/mol. The van der Waals surface area contributed by atoms with E-state index in [1.165, 1.54) is 25.9 Å². The van der Waals surface area contributed by atoms with Crippen molar-refractivity contribution in [3.05, 3.63) is 49.1 Å². The van der Waals surface area contributed by atoms with Gasteiger partial charge in [-0.15, -0.1) is 0 Å². The van der Waals surface area contributed by atoms with E-state index in [0.717, 1.165) is 40.0 Å². The number of H-pyrrole nitrogens is 2. The van der Waals surface area contributed by atoms with Gasteiger partial charge in [0.25, 0.3) is 0 Å². The molecule has 1 aliphatic rings. The fraction of sp³-hybridized carbons (Fsp3) is 0.261. The number of pyridine rings is 3. The zero-order valence-corrected chi connectivity index (χ0v) is 17.5. The fourth-order valence-corrected chi connectivity index (χ4v) is 4.16. The number of fused-ring (bicyclic) bond motifs is 2. The molecule has 0 atom stereocenters. The summed E-state index contributed by atoms with van der Waals surface area (Å²) in [6.07, 6.45) is 9.67. The van der Waals surface area contributed by atoms with Crippen LogP contribution in [0.1, 0.15) is 12.8 Å². The van der Waals surface area contributed by atoms with Crippen LogP contribution >= 0.6 is 0 Å². The molecule has 1 saturated heterocycles. The van der Waals surface area contributed by atoms with Crippen molar-refractivity contribution in [3.63, 3.8) is 0 Å². The van der Waals surface area contributed by atoms with Crippen LogP contribution in [0.25, 0.3) is 44.8 Å². The summed E-state index contributed by atoms with van der Waals surface area (Å²) in [5, 5.41) is 8.27. The first kappa shape index (κ1) is 18.9. The van der Waals surface area contributed by atoms with Gasteiger partial charge in [-0.1, -0.05) is 0 Å². The third-order valence-corrected chi connectivity index (χ3v) is 5.83. The minimum atomic E-state index is 0.628. The molecule has 6 rings (SSSR count). The molecule has 0 spiro atoms. The molecule has 1 fully saturated rings. The molecule has 6 heterocycles. The highest BCUT2D eigenvalue weighted by Crippen LogP contribution is 2.29. The molecule has 5 aromatic heterocycles. The number of hydrogen-bond acceptors (Lipinski definition) is 7. The maximum absolute atomic E-state index is 5.96. The van der Waals surface area contributed by atoms with Crippen molar-refractivity contribution in [2.75, 3.05) is 26.2 Å². The lowest BCUT2D eigenvalue weighted by Gasteiger charge is -2.15. The Kier molecular flexibility index (Phi) is 4.73. The van der Waals surface area contributed by atoms with Crippen molar-refractivity contribution in [3.8, 4) is 28.4 Å². The molecule has 0 aliphatic carbocycles. The Morgan fingerprint density at radius 3 is 2.81 bits per heavy atom. The highest BCUT2D eigenvalue weighted by atomic mass is 16.5. The van der Waals surface area contributed by atoms with E-state index in [1.54, 1.807) is 18.6 Å². The zero-order valence-electron chi connectivity index (χ0n) is 17.5. The van der Waals surface area contributed by atoms with Crippen LogP contribution in [0.2, 0.25) is 0 Å². The maximum Gasteiger partial charge on any atom is 0.181 e. The lowest BCUT2D eigenvalue weighted by molar-refractivity contribution is 0.237. The lowest BCUT2D eigenvalue weighted by atomic mass is 10.1. The number of nitrogens with zero attached hydrogens (tertiary/aromatic N) is 6. The van der Waals surface area contributed by atoms with Crippen LogP contribution in [-0.4, -0.2) is 66.3 Å². The summed E-state index contributed by atoms with van der Waals surface area (Å²) >= 11 is 0. The van der Waals surface area contributed by atoms with Gasteiger partial charge >= 0.3 is 0 Å². The summed E-state index contributed by atoms with van der Waals surface area (Å²) in [6, 6.07) is 7.88. The second-order valence-electron chi connectivity index (χ2n) is 7.96. The lowest BCUT2D eigenvalue weighted by Crippen LogP contribution is -2.25. The standard InChI is InChI=1S/C23H22N8O/c1-2-7-31(6-1)8-9-32-17-10-15(12-24-14-17)16-11-18-20(29-30-21(18)26-13-16)23-27-19-4-3-5-25-22(19)28-23/h3-5,10-14H,1-2,6-9H2,(H,25,27,28)(H,26,29,30). The smallest absolute Gasteiger partial charge is 0.181 e. The average molecular weight is 426 g/mol. The second kappa shape index (κ2) is 8.01. The van der Waals surface area contributed by atoms with Crippen LogP contribution in [-0.2, 0) is 0 Å². The Morgan fingerprint density at radius 2 is 1.91 bits per heavy atom. The molecule has 1 aliphatic heterocycles. The van der Waals surface area contributed by atoms with Crippen LogP contribution in [0.3, 0.4) is 0 Å². The van der Waals surface area contributed by atoms with Crippen LogP contribution in [0.4, 0.5) is 0 Å². The van der Waals surface area contributed by atoms with Gasteiger partial charge in [-0.05, 0) is 50.2 Å². The van der Waals surface area contributed by atoms with Gasteiger partial charge in [0, 0.05) is 36.3 Å². The van der Waals surface area contributed by atoms with Crippen molar-refractivity contribution in [2.24, 2.45) is 0 Å². The zero-order chi connectivity index (χ0) is 21.3. The molecule has 0 radical (unpaired) electrons. The topological polar surface area (TPSA) is 108 Å². The van der Waals surface area contributed by atoms with Gasteiger partial charge in [0.05, 0.1) is 17.1 Å². The molecule has 0 unspecified atom stereocenters. The molecule has 0 amide bonds. The first-order chi connectivity index (χ1) is 15.8. The quantitative estimate of drug-likeness (QED) is 0.428. The van der Waals surface area contributed by atoms with Gasteiger partial charge in [0.1, 0.15) is 18.1 Å². The number of nitrogens with one attached hydrogen (secondary N) is 2. The first-order valence-electron chi connectivity index (χ1n) is 10.8. The predicted molar refractivity (Wildman–Crippen MR) is 121 cm³/mol. The third kappa shape index (κ3) is 3.56. The second-order valence-corrected chi connectivity index (χ2v) is 7.96. The summed E-state index contributed by atoms with van der Waals surface area (Å²) in [6.45, 7) is 3.94.